The molecule has 0 aliphatic carbocycles. The number of aliphatic hydroxyl groups excluding tert-OH is 1. The first-order chi connectivity index (χ1) is 18.6. The van der Waals surface area contributed by atoms with Crippen molar-refractivity contribution in [3.8, 4) is 0 Å². The van der Waals surface area contributed by atoms with Crippen molar-refractivity contribution in [3.05, 3.63) is 144 Å². The van der Waals surface area contributed by atoms with Crippen LogP contribution in [-0.4, -0.2) is 35.3 Å². The zero-order valence-corrected chi connectivity index (χ0v) is 21.5. The summed E-state index contributed by atoms with van der Waals surface area (Å²) >= 11 is 0. The van der Waals surface area contributed by atoms with E-state index in [4.69, 9.17) is 10.2 Å². The first-order valence-corrected chi connectivity index (χ1v) is 13.2. The Balaban J connectivity index is 0.000000257. The first kappa shape index (κ1) is 27.3. The van der Waals surface area contributed by atoms with E-state index < -0.39 is 12.1 Å². The van der Waals surface area contributed by atoms with Crippen molar-refractivity contribution in [1.82, 2.24) is 10.6 Å². The quantitative estimate of drug-likeness (QED) is 0.247. The number of aliphatic carboxylic acids is 1. The van der Waals surface area contributed by atoms with Gasteiger partial charge in [-0.05, 0) is 41.6 Å². The van der Waals surface area contributed by atoms with Crippen molar-refractivity contribution >= 4 is 5.97 Å². The molecule has 1 aliphatic rings. The molecule has 2 atom stereocenters. The summed E-state index contributed by atoms with van der Waals surface area (Å²) in [6.45, 7) is 2.13. The minimum absolute atomic E-state index is 0.361. The second kappa shape index (κ2) is 13.7. The minimum atomic E-state index is -1.41. The largest absolute Gasteiger partial charge is 0.479 e. The van der Waals surface area contributed by atoms with Crippen molar-refractivity contribution in [3.63, 3.8) is 0 Å². The highest BCUT2D eigenvalue weighted by atomic mass is 16.4. The van der Waals surface area contributed by atoms with Crippen molar-refractivity contribution in [2.75, 3.05) is 13.1 Å². The molecule has 196 valence electrons. The predicted octanol–water partition coefficient (Wildman–Crippen LogP) is 5.51. The van der Waals surface area contributed by atoms with Crippen LogP contribution in [0.15, 0.2) is 121 Å². The molecule has 0 spiro atoms. The van der Waals surface area contributed by atoms with Gasteiger partial charge in [0.25, 0.3) is 0 Å². The van der Waals surface area contributed by atoms with Gasteiger partial charge in [0.2, 0.25) is 0 Å². The molecule has 4 aromatic rings. The number of carbonyl (C=O) groups is 1. The number of carboxylic acids is 1. The van der Waals surface area contributed by atoms with Crippen molar-refractivity contribution < 1.29 is 15.0 Å². The van der Waals surface area contributed by atoms with Crippen LogP contribution in [0, 0.1) is 0 Å². The first-order valence-electron chi connectivity index (χ1n) is 13.2. The molecule has 0 unspecified atom stereocenters. The van der Waals surface area contributed by atoms with Crippen LogP contribution < -0.4 is 10.6 Å². The Hall–Kier alpha value is -3.77. The third kappa shape index (κ3) is 6.75. The van der Waals surface area contributed by atoms with Gasteiger partial charge in [0.05, 0.1) is 5.54 Å². The van der Waals surface area contributed by atoms with E-state index in [9.17, 15) is 4.79 Å². The predicted molar refractivity (Wildman–Crippen MR) is 152 cm³/mol. The molecule has 4 aromatic carbocycles. The summed E-state index contributed by atoms with van der Waals surface area (Å²) in [4.78, 5) is 10.2. The van der Waals surface area contributed by atoms with Crippen LogP contribution in [0.3, 0.4) is 0 Å². The van der Waals surface area contributed by atoms with Crippen LogP contribution in [0.4, 0.5) is 0 Å². The molecule has 4 N–H and O–H groups in total. The summed E-state index contributed by atoms with van der Waals surface area (Å²) in [5, 5.41) is 25.1. The highest BCUT2D eigenvalue weighted by Crippen LogP contribution is 2.37. The molecule has 5 heteroatoms. The molecule has 1 saturated heterocycles. The van der Waals surface area contributed by atoms with Crippen LogP contribution >= 0.6 is 0 Å². The molecular formula is C33H36N2O3. The number of benzene rings is 4. The van der Waals surface area contributed by atoms with Gasteiger partial charge in [0.1, 0.15) is 0 Å². The molecule has 0 bridgehead atoms. The maximum atomic E-state index is 10.2. The number of nitrogens with one attached hydrogen (secondary N) is 2. The number of hydrogen-bond acceptors (Lipinski definition) is 4. The van der Waals surface area contributed by atoms with Crippen molar-refractivity contribution in [2.24, 2.45) is 0 Å². The molecule has 5 rings (SSSR count). The molecule has 0 aromatic heterocycles. The lowest BCUT2D eigenvalue weighted by molar-refractivity contribution is -0.146. The highest BCUT2D eigenvalue weighted by Gasteiger charge is 2.38. The van der Waals surface area contributed by atoms with E-state index in [0.717, 1.165) is 13.1 Å². The second-order valence-corrected chi connectivity index (χ2v) is 9.54. The number of rotatable bonds is 7. The van der Waals surface area contributed by atoms with E-state index in [2.05, 4.69) is 102 Å². The highest BCUT2D eigenvalue weighted by molar-refractivity contribution is 5.73. The topological polar surface area (TPSA) is 81.6 Å². The fourth-order valence-corrected chi connectivity index (χ4v) is 5.04. The summed E-state index contributed by atoms with van der Waals surface area (Å²) in [6, 6.07) is 41.3. The second-order valence-electron chi connectivity index (χ2n) is 9.54. The summed E-state index contributed by atoms with van der Waals surface area (Å²) < 4.78 is 0. The third-order valence-corrected chi connectivity index (χ3v) is 6.94. The van der Waals surface area contributed by atoms with Crippen molar-refractivity contribution in [2.45, 2.75) is 36.9 Å². The Labute approximate surface area is 225 Å². The Morgan fingerprint density at radius 1 is 0.737 bits per heavy atom. The zero-order chi connectivity index (χ0) is 26.6. The molecule has 5 nitrogen and oxygen atoms in total. The van der Waals surface area contributed by atoms with E-state index >= 15 is 0 Å². The Kier molecular flexibility index (Phi) is 9.82. The Bertz CT molecular complexity index is 1130. The van der Waals surface area contributed by atoms with Gasteiger partial charge in [-0.3, -0.25) is 5.32 Å². The van der Waals surface area contributed by atoms with Crippen LogP contribution in [-0.2, 0) is 10.3 Å². The molecule has 0 amide bonds. The average molecular weight is 509 g/mol. The van der Waals surface area contributed by atoms with Gasteiger partial charge in [-0.2, -0.15) is 0 Å². The van der Waals surface area contributed by atoms with Gasteiger partial charge in [-0.1, -0.05) is 128 Å². The molecule has 0 saturated carbocycles. The lowest BCUT2D eigenvalue weighted by Gasteiger charge is -2.40. The van der Waals surface area contributed by atoms with Crippen LogP contribution in [0.2, 0.25) is 0 Å². The summed E-state index contributed by atoms with van der Waals surface area (Å²) in [7, 11) is 0. The fraction of sp³-hybridized carbons (Fsp3) is 0.242. The monoisotopic (exact) mass is 508 g/mol. The van der Waals surface area contributed by atoms with Gasteiger partial charge in [-0.25, -0.2) is 4.79 Å². The molecule has 1 fully saturated rings. The van der Waals surface area contributed by atoms with Gasteiger partial charge in [-0.15, -0.1) is 0 Å². The number of hydrogen-bond donors (Lipinski definition) is 4. The zero-order valence-electron chi connectivity index (χ0n) is 21.5. The molecular weight excluding hydrogens is 472 g/mol. The summed E-state index contributed by atoms with van der Waals surface area (Å²) in [5.41, 5.74) is 3.89. The molecule has 38 heavy (non-hydrogen) atoms. The van der Waals surface area contributed by atoms with Gasteiger partial charge in [0.15, 0.2) is 6.10 Å². The summed E-state index contributed by atoms with van der Waals surface area (Å²) in [5.74, 6) is -1.23. The van der Waals surface area contributed by atoms with Crippen LogP contribution in [0.25, 0.3) is 0 Å². The maximum Gasteiger partial charge on any atom is 0.337 e. The van der Waals surface area contributed by atoms with Crippen LogP contribution in [0.5, 0.6) is 0 Å². The van der Waals surface area contributed by atoms with E-state index in [1.165, 1.54) is 36.0 Å². The minimum Gasteiger partial charge on any atom is -0.479 e. The van der Waals surface area contributed by atoms with Crippen molar-refractivity contribution in [1.29, 1.82) is 0 Å². The SMILES string of the molecule is O=C(O)[C@@H](O)c1ccccc1.c1ccc(C(N[C@@H]2CCCCNC2)(c2ccccc2)c2ccccc2)cc1. The van der Waals surface area contributed by atoms with Crippen LogP contribution in [0.1, 0.15) is 47.6 Å². The van der Waals surface area contributed by atoms with Gasteiger partial charge >= 0.3 is 5.97 Å². The molecule has 0 radical (unpaired) electrons. The normalized spacial score (nSPS) is 16.4. The van der Waals surface area contributed by atoms with Gasteiger partial charge < -0.3 is 15.5 Å². The molecule has 1 aliphatic heterocycles. The third-order valence-electron chi connectivity index (χ3n) is 6.94. The summed E-state index contributed by atoms with van der Waals surface area (Å²) in [6.07, 6.45) is 2.31. The maximum absolute atomic E-state index is 10.2. The Morgan fingerprint density at radius 3 is 1.63 bits per heavy atom. The lowest BCUT2D eigenvalue weighted by Crippen LogP contribution is -2.52. The number of carboxylic acid groups (broad SMARTS) is 1. The van der Waals surface area contributed by atoms with E-state index in [-0.39, 0.29) is 5.54 Å². The Morgan fingerprint density at radius 2 is 1.18 bits per heavy atom. The number of aliphatic hydroxyl groups is 1. The standard InChI is InChI=1S/C25H28N2.C8H8O3/c1-4-12-21(13-5-1)25(22-14-6-2-7-15-22,23-16-8-3-9-17-23)27-24-18-10-11-19-26-20-24;9-7(8(10)11)6-4-2-1-3-5-6/h1-9,12-17,24,26-27H,10-11,18-20H2;1-5,7,9H,(H,10,11)/t24-;7-/m10/s1. The van der Waals surface area contributed by atoms with E-state index in [0.29, 0.717) is 11.6 Å². The van der Waals surface area contributed by atoms with Gasteiger partial charge in [0, 0.05) is 12.6 Å². The smallest absolute Gasteiger partial charge is 0.337 e. The fourth-order valence-electron chi connectivity index (χ4n) is 5.04. The lowest BCUT2D eigenvalue weighted by atomic mass is 9.76. The average Bonchev–Trinajstić information content (AvgIpc) is 3.26. The van der Waals surface area contributed by atoms with E-state index in [1.54, 1.807) is 30.3 Å². The molecule has 1 heterocycles. The van der Waals surface area contributed by atoms with E-state index in [1.807, 2.05) is 0 Å².